The largest absolute Gasteiger partial charge is 0.431 e. The van der Waals surface area contributed by atoms with Gasteiger partial charge >= 0.3 is 6.61 Å². The molecule has 0 saturated carbocycles. The van der Waals surface area contributed by atoms with Crippen LogP contribution in [0.15, 0.2) is 18.3 Å². The van der Waals surface area contributed by atoms with Gasteiger partial charge in [0.2, 0.25) is 5.95 Å². The van der Waals surface area contributed by atoms with Crippen molar-refractivity contribution in [2.24, 2.45) is 0 Å². The quantitative estimate of drug-likeness (QED) is 0.802. The number of halogens is 3. The van der Waals surface area contributed by atoms with E-state index < -0.39 is 12.8 Å². The number of aromatic nitrogens is 3. The van der Waals surface area contributed by atoms with Gasteiger partial charge in [-0.3, -0.25) is 0 Å². The van der Waals surface area contributed by atoms with Gasteiger partial charge in [-0.25, -0.2) is 14.4 Å². The fourth-order valence-corrected chi connectivity index (χ4v) is 3.35. The molecule has 2 N–H and O–H groups in total. The predicted molar refractivity (Wildman–Crippen MR) is 101 cm³/mol. The van der Waals surface area contributed by atoms with Crippen LogP contribution in [-0.4, -0.2) is 67.1 Å². The summed E-state index contributed by atoms with van der Waals surface area (Å²) in [6.45, 7) is 0.147. The third-order valence-electron chi connectivity index (χ3n) is 4.84. The zero-order valence-corrected chi connectivity index (χ0v) is 15.6. The Bertz CT molecular complexity index is 842. The third-order valence-corrected chi connectivity index (χ3v) is 4.84. The monoisotopic (exact) mass is 410 g/mol. The second kappa shape index (κ2) is 8.27. The summed E-state index contributed by atoms with van der Waals surface area (Å²) in [5.74, 6) is 0.674. The summed E-state index contributed by atoms with van der Waals surface area (Å²) >= 11 is 0. The Balaban J connectivity index is 1.73. The SMILES string of the molecule is Nc1ncc(-c2cc(N3CCOCC3)nc(N3CCC(F)C3)n2)cc1OC(F)F. The summed E-state index contributed by atoms with van der Waals surface area (Å²) < 4.78 is 48.9. The molecule has 0 aromatic carbocycles. The number of nitrogens with zero attached hydrogens (tertiary/aromatic N) is 5. The molecule has 8 nitrogen and oxygen atoms in total. The van der Waals surface area contributed by atoms with E-state index in [2.05, 4.69) is 19.7 Å². The van der Waals surface area contributed by atoms with E-state index in [9.17, 15) is 13.2 Å². The van der Waals surface area contributed by atoms with Crippen molar-refractivity contribution < 1.29 is 22.6 Å². The number of pyridine rings is 1. The van der Waals surface area contributed by atoms with Gasteiger partial charge in [-0.15, -0.1) is 0 Å². The average Bonchev–Trinajstić information content (AvgIpc) is 3.16. The van der Waals surface area contributed by atoms with Crippen molar-refractivity contribution in [2.45, 2.75) is 19.2 Å². The number of ether oxygens (including phenoxy) is 2. The molecule has 156 valence electrons. The number of morpholine rings is 1. The summed E-state index contributed by atoms with van der Waals surface area (Å²) in [6.07, 6.45) is 0.916. The van der Waals surface area contributed by atoms with E-state index in [-0.39, 0.29) is 18.1 Å². The standard InChI is InChI=1S/C18H21F3N6O2/c19-12-1-2-27(10-12)18-24-13(8-15(25-18)26-3-5-28-6-4-26)11-7-14(29-17(20)21)16(22)23-9-11/h7-9,12,17H,1-6,10H2,(H2,22,23). The zero-order chi connectivity index (χ0) is 20.4. The highest BCUT2D eigenvalue weighted by Gasteiger charge is 2.26. The summed E-state index contributed by atoms with van der Waals surface area (Å²) in [7, 11) is 0. The summed E-state index contributed by atoms with van der Waals surface area (Å²) in [6, 6.07) is 3.11. The van der Waals surface area contributed by atoms with Crippen LogP contribution >= 0.6 is 0 Å². The molecule has 4 rings (SSSR count). The maximum atomic E-state index is 13.7. The molecule has 0 bridgehead atoms. The number of hydrogen-bond acceptors (Lipinski definition) is 8. The van der Waals surface area contributed by atoms with Crippen molar-refractivity contribution in [1.82, 2.24) is 15.0 Å². The Morgan fingerprint density at radius 1 is 1.14 bits per heavy atom. The van der Waals surface area contributed by atoms with Gasteiger partial charge in [0.1, 0.15) is 12.0 Å². The van der Waals surface area contributed by atoms with Gasteiger partial charge in [0.05, 0.1) is 25.5 Å². The molecule has 1 unspecified atom stereocenters. The molecule has 0 radical (unpaired) electrons. The Labute approximate surface area is 165 Å². The molecule has 2 aliphatic rings. The smallest absolute Gasteiger partial charge is 0.387 e. The van der Waals surface area contributed by atoms with Crippen LogP contribution in [0.1, 0.15) is 6.42 Å². The minimum Gasteiger partial charge on any atom is -0.431 e. The van der Waals surface area contributed by atoms with E-state index in [0.29, 0.717) is 62.3 Å². The van der Waals surface area contributed by atoms with Crippen LogP contribution in [0.5, 0.6) is 5.75 Å². The van der Waals surface area contributed by atoms with Gasteiger partial charge < -0.3 is 25.0 Å². The lowest BCUT2D eigenvalue weighted by Crippen LogP contribution is -2.37. The van der Waals surface area contributed by atoms with Crippen molar-refractivity contribution in [3.8, 4) is 17.0 Å². The third kappa shape index (κ3) is 4.44. The number of hydrogen-bond donors (Lipinski definition) is 1. The highest BCUT2D eigenvalue weighted by atomic mass is 19.3. The van der Waals surface area contributed by atoms with E-state index >= 15 is 0 Å². The van der Waals surface area contributed by atoms with Crippen molar-refractivity contribution >= 4 is 17.6 Å². The van der Waals surface area contributed by atoms with Gasteiger partial charge in [-0.2, -0.15) is 13.8 Å². The van der Waals surface area contributed by atoms with Crippen LogP contribution in [0.3, 0.4) is 0 Å². The number of nitrogen functional groups attached to an aromatic ring is 1. The fourth-order valence-electron chi connectivity index (χ4n) is 3.35. The second-order valence-corrected chi connectivity index (χ2v) is 6.83. The highest BCUT2D eigenvalue weighted by molar-refractivity contribution is 5.68. The van der Waals surface area contributed by atoms with Gasteiger partial charge in [-0.1, -0.05) is 0 Å². The Morgan fingerprint density at radius 2 is 1.93 bits per heavy atom. The molecule has 29 heavy (non-hydrogen) atoms. The molecule has 0 aliphatic carbocycles. The van der Waals surface area contributed by atoms with E-state index in [1.54, 1.807) is 11.0 Å². The summed E-state index contributed by atoms with van der Waals surface area (Å²) in [5.41, 5.74) is 6.54. The molecule has 1 atom stereocenters. The van der Waals surface area contributed by atoms with Crippen molar-refractivity contribution in [2.75, 3.05) is 54.9 Å². The first kappa shape index (κ1) is 19.5. The minimum atomic E-state index is -3.02. The first-order valence-corrected chi connectivity index (χ1v) is 9.31. The van der Waals surface area contributed by atoms with Gasteiger partial charge in [0, 0.05) is 37.5 Å². The average molecular weight is 410 g/mol. The number of nitrogens with two attached hydrogens (primary N) is 1. The first-order valence-electron chi connectivity index (χ1n) is 9.31. The zero-order valence-electron chi connectivity index (χ0n) is 15.6. The van der Waals surface area contributed by atoms with Crippen molar-refractivity contribution in [3.63, 3.8) is 0 Å². The van der Waals surface area contributed by atoms with Crippen LogP contribution in [0.25, 0.3) is 11.3 Å². The van der Waals surface area contributed by atoms with Crippen LogP contribution in [-0.2, 0) is 4.74 Å². The first-order chi connectivity index (χ1) is 14.0. The van der Waals surface area contributed by atoms with E-state index in [0.717, 1.165) is 0 Å². The fraction of sp³-hybridized carbons (Fsp3) is 0.500. The lowest BCUT2D eigenvalue weighted by Gasteiger charge is -2.29. The topological polar surface area (TPSA) is 89.6 Å². The number of rotatable bonds is 5. The number of anilines is 3. The van der Waals surface area contributed by atoms with Crippen LogP contribution in [0.2, 0.25) is 0 Å². The Morgan fingerprint density at radius 3 is 2.62 bits per heavy atom. The molecule has 2 fully saturated rings. The molecule has 0 amide bonds. The van der Waals surface area contributed by atoms with Gasteiger partial charge in [0.25, 0.3) is 0 Å². The minimum absolute atomic E-state index is 0.142. The summed E-state index contributed by atoms with van der Waals surface area (Å²) in [5, 5.41) is 0. The lowest BCUT2D eigenvalue weighted by molar-refractivity contribution is -0.0494. The predicted octanol–water partition coefficient (Wildman–Crippen LogP) is 2.11. The summed E-state index contributed by atoms with van der Waals surface area (Å²) in [4.78, 5) is 16.9. The normalized spacial score (nSPS) is 19.8. The maximum absolute atomic E-state index is 13.7. The number of alkyl halides is 3. The van der Waals surface area contributed by atoms with Gasteiger partial charge in [0.15, 0.2) is 11.6 Å². The molecule has 0 spiro atoms. The lowest BCUT2D eigenvalue weighted by atomic mass is 10.2. The van der Waals surface area contributed by atoms with E-state index in [1.165, 1.54) is 12.3 Å². The van der Waals surface area contributed by atoms with Crippen LogP contribution < -0.4 is 20.3 Å². The molecule has 2 aliphatic heterocycles. The molecule has 4 heterocycles. The molecular formula is C18H21F3N6O2. The maximum Gasteiger partial charge on any atom is 0.387 e. The Kier molecular flexibility index (Phi) is 5.56. The molecule has 11 heteroatoms. The van der Waals surface area contributed by atoms with Crippen molar-refractivity contribution in [3.05, 3.63) is 18.3 Å². The van der Waals surface area contributed by atoms with Gasteiger partial charge in [-0.05, 0) is 12.5 Å². The Hall–Kier alpha value is -2.82. The molecule has 2 saturated heterocycles. The highest BCUT2D eigenvalue weighted by Crippen LogP contribution is 2.31. The second-order valence-electron chi connectivity index (χ2n) is 6.83. The molecule has 2 aromatic heterocycles. The van der Waals surface area contributed by atoms with Crippen LogP contribution in [0, 0.1) is 0 Å². The van der Waals surface area contributed by atoms with E-state index in [4.69, 9.17) is 10.5 Å². The van der Waals surface area contributed by atoms with Crippen LogP contribution in [0.4, 0.5) is 30.8 Å². The molecule has 2 aromatic rings. The van der Waals surface area contributed by atoms with Crippen molar-refractivity contribution in [1.29, 1.82) is 0 Å². The molecular weight excluding hydrogens is 389 g/mol. The van der Waals surface area contributed by atoms with E-state index in [1.807, 2.05) is 4.90 Å².